The summed E-state index contributed by atoms with van der Waals surface area (Å²) in [6.07, 6.45) is 1.60. The molecule has 1 atom stereocenters. The lowest BCUT2D eigenvalue weighted by Gasteiger charge is -2.25. The van der Waals surface area contributed by atoms with Crippen LogP contribution in [0.2, 0.25) is 0 Å². The van der Waals surface area contributed by atoms with Crippen molar-refractivity contribution >= 4 is 17.4 Å². The fraction of sp³-hybridized carbons (Fsp3) is 0.333. The van der Waals surface area contributed by atoms with Crippen LogP contribution in [0.1, 0.15) is 48.1 Å². The third-order valence-corrected chi connectivity index (χ3v) is 5.50. The van der Waals surface area contributed by atoms with Gasteiger partial charge in [-0.25, -0.2) is 0 Å². The summed E-state index contributed by atoms with van der Waals surface area (Å²) in [7, 11) is 1.57. The fourth-order valence-electron chi connectivity index (χ4n) is 3.85. The maximum Gasteiger partial charge on any atom is 0.295 e. The number of rotatable bonds is 6. The normalized spacial score (nSPS) is 18.1. The van der Waals surface area contributed by atoms with Crippen molar-refractivity contribution < 1.29 is 24.5 Å². The maximum atomic E-state index is 13.0. The van der Waals surface area contributed by atoms with Gasteiger partial charge in [-0.1, -0.05) is 25.5 Å². The zero-order chi connectivity index (χ0) is 22.0. The van der Waals surface area contributed by atoms with E-state index in [0.29, 0.717) is 23.4 Å². The molecule has 2 aromatic rings. The van der Waals surface area contributed by atoms with Crippen LogP contribution in [0, 0.1) is 13.8 Å². The van der Waals surface area contributed by atoms with Gasteiger partial charge >= 0.3 is 0 Å². The number of hydrogen-bond acceptors (Lipinski definition) is 5. The van der Waals surface area contributed by atoms with Crippen LogP contribution >= 0.6 is 0 Å². The van der Waals surface area contributed by atoms with E-state index in [2.05, 4.69) is 0 Å². The van der Waals surface area contributed by atoms with Crippen LogP contribution in [0.3, 0.4) is 0 Å². The lowest BCUT2D eigenvalue weighted by molar-refractivity contribution is -0.139. The van der Waals surface area contributed by atoms with E-state index in [9.17, 15) is 19.8 Å². The molecule has 0 radical (unpaired) electrons. The second kappa shape index (κ2) is 8.61. The van der Waals surface area contributed by atoms with Crippen molar-refractivity contribution in [3.63, 3.8) is 0 Å². The number of ketones is 1. The van der Waals surface area contributed by atoms with Crippen LogP contribution < -0.4 is 4.74 Å². The van der Waals surface area contributed by atoms with Gasteiger partial charge in [0, 0.05) is 12.1 Å². The number of hydrogen-bond donors (Lipinski definition) is 2. The van der Waals surface area contributed by atoms with Crippen LogP contribution in [-0.4, -0.2) is 40.5 Å². The highest BCUT2D eigenvalue weighted by molar-refractivity contribution is 6.46. The monoisotopic (exact) mass is 409 g/mol. The number of amides is 1. The molecule has 1 aliphatic heterocycles. The second-order valence-corrected chi connectivity index (χ2v) is 7.57. The first-order chi connectivity index (χ1) is 14.3. The molecule has 1 aliphatic rings. The SMILES string of the molecule is CCCCN1C(=O)C(=O)/C(=C(/O)c2cc(C)c(OC)cc2C)C1c1ccc(O)cc1. The molecule has 2 N–H and O–H groups in total. The average Bonchev–Trinajstić information content (AvgIpc) is 2.98. The van der Waals surface area contributed by atoms with Crippen LogP contribution in [0.5, 0.6) is 11.5 Å². The van der Waals surface area contributed by atoms with E-state index in [1.165, 1.54) is 17.0 Å². The highest BCUT2D eigenvalue weighted by atomic mass is 16.5. The number of phenols is 1. The summed E-state index contributed by atoms with van der Waals surface area (Å²) >= 11 is 0. The highest BCUT2D eigenvalue weighted by Gasteiger charge is 2.45. The van der Waals surface area contributed by atoms with Crippen molar-refractivity contribution in [2.75, 3.05) is 13.7 Å². The first-order valence-electron chi connectivity index (χ1n) is 10.0. The van der Waals surface area contributed by atoms with Crippen LogP contribution in [-0.2, 0) is 9.59 Å². The second-order valence-electron chi connectivity index (χ2n) is 7.57. The van der Waals surface area contributed by atoms with Gasteiger partial charge in [0.2, 0.25) is 0 Å². The predicted molar refractivity (Wildman–Crippen MR) is 114 cm³/mol. The number of aryl methyl sites for hydroxylation is 2. The Morgan fingerprint density at radius 2 is 1.77 bits per heavy atom. The standard InChI is InChI=1S/C24H27NO5/c1-5-6-11-25-21(16-7-9-17(26)10-8-16)20(23(28)24(25)29)22(27)18-12-15(3)19(30-4)13-14(18)2/h7-10,12-13,21,26-27H,5-6,11H2,1-4H3/b22-20+. The molecule has 1 heterocycles. The van der Waals surface area contributed by atoms with Gasteiger partial charge in [0.15, 0.2) is 0 Å². The fourth-order valence-corrected chi connectivity index (χ4v) is 3.85. The molecule has 0 spiro atoms. The molecule has 6 nitrogen and oxygen atoms in total. The number of Topliss-reactive ketones (excluding diaryl/α,β-unsaturated/α-hetero) is 1. The summed E-state index contributed by atoms with van der Waals surface area (Å²) in [6.45, 7) is 6.09. The Hall–Kier alpha value is -3.28. The summed E-state index contributed by atoms with van der Waals surface area (Å²) in [5.41, 5.74) is 2.76. The van der Waals surface area contributed by atoms with Gasteiger partial charge < -0.3 is 19.8 Å². The molecule has 0 aliphatic carbocycles. The number of phenolic OH excluding ortho intramolecular Hbond substituents is 1. The van der Waals surface area contributed by atoms with Crippen LogP contribution in [0.4, 0.5) is 0 Å². The number of aliphatic hydroxyl groups excluding tert-OH is 1. The Kier molecular flexibility index (Phi) is 6.15. The molecular formula is C24H27NO5. The highest BCUT2D eigenvalue weighted by Crippen LogP contribution is 2.41. The molecule has 0 bridgehead atoms. The Morgan fingerprint density at radius 3 is 2.37 bits per heavy atom. The number of likely N-dealkylation sites (tertiary alicyclic amines) is 1. The molecule has 1 saturated heterocycles. The van der Waals surface area contributed by atoms with Crippen molar-refractivity contribution in [3.8, 4) is 11.5 Å². The third kappa shape index (κ3) is 3.77. The van der Waals surface area contributed by atoms with Gasteiger partial charge in [-0.15, -0.1) is 0 Å². The number of aliphatic hydroxyl groups is 1. The minimum absolute atomic E-state index is 0.0643. The number of benzene rings is 2. The largest absolute Gasteiger partial charge is 0.508 e. The average molecular weight is 409 g/mol. The topological polar surface area (TPSA) is 87.1 Å². The smallest absolute Gasteiger partial charge is 0.295 e. The zero-order valence-electron chi connectivity index (χ0n) is 17.7. The molecule has 158 valence electrons. The minimum atomic E-state index is -0.709. The number of nitrogens with zero attached hydrogens (tertiary/aromatic N) is 1. The lowest BCUT2D eigenvalue weighted by Crippen LogP contribution is -2.30. The summed E-state index contributed by atoms with van der Waals surface area (Å²) < 4.78 is 5.34. The third-order valence-electron chi connectivity index (χ3n) is 5.50. The maximum absolute atomic E-state index is 13.0. The van der Waals surface area contributed by atoms with E-state index in [4.69, 9.17) is 4.74 Å². The van der Waals surface area contributed by atoms with E-state index in [1.54, 1.807) is 31.4 Å². The molecule has 1 fully saturated rings. The number of carbonyl (C=O) groups is 2. The molecule has 2 aromatic carbocycles. The zero-order valence-corrected chi connectivity index (χ0v) is 17.7. The number of unbranched alkanes of at least 4 members (excludes halogenated alkanes) is 1. The van der Waals surface area contributed by atoms with E-state index >= 15 is 0 Å². The quantitative estimate of drug-likeness (QED) is 0.423. The van der Waals surface area contributed by atoms with Gasteiger partial charge in [0.05, 0.1) is 18.7 Å². The Morgan fingerprint density at radius 1 is 1.10 bits per heavy atom. The Balaban J connectivity index is 2.20. The van der Waals surface area contributed by atoms with Gasteiger partial charge in [-0.3, -0.25) is 9.59 Å². The molecule has 30 heavy (non-hydrogen) atoms. The molecule has 0 saturated carbocycles. The summed E-state index contributed by atoms with van der Waals surface area (Å²) in [4.78, 5) is 27.3. The number of ether oxygens (including phenoxy) is 1. The van der Waals surface area contributed by atoms with Crippen LogP contribution in [0.25, 0.3) is 5.76 Å². The molecule has 6 heteroatoms. The van der Waals surface area contributed by atoms with Gasteiger partial charge in [0.1, 0.15) is 17.3 Å². The Labute approximate surface area is 176 Å². The number of carbonyl (C=O) groups excluding carboxylic acids is 2. The van der Waals surface area contributed by atoms with Crippen molar-refractivity contribution in [2.24, 2.45) is 0 Å². The summed E-state index contributed by atoms with van der Waals surface area (Å²) in [6, 6.07) is 9.22. The molecular weight excluding hydrogens is 382 g/mol. The van der Waals surface area contributed by atoms with Gasteiger partial charge in [-0.05, 0) is 61.2 Å². The van der Waals surface area contributed by atoms with E-state index in [0.717, 1.165) is 24.0 Å². The lowest BCUT2D eigenvalue weighted by atomic mass is 9.93. The molecule has 1 amide bonds. The summed E-state index contributed by atoms with van der Waals surface area (Å²) in [5.74, 6) is -0.748. The van der Waals surface area contributed by atoms with Crippen molar-refractivity contribution in [2.45, 2.75) is 39.7 Å². The summed E-state index contributed by atoms with van der Waals surface area (Å²) in [5, 5.41) is 20.9. The molecule has 1 unspecified atom stereocenters. The van der Waals surface area contributed by atoms with Crippen LogP contribution in [0.15, 0.2) is 42.0 Å². The minimum Gasteiger partial charge on any atom is -0.508 e. The number of aromatic hydroxyl groups is 1. The van der Waals surface area contributed by atoms with E-state index in [1.807, 2.05) is 20.8 Å². The van der Waals surface area contributed by atoms with Crippen molar-refractivity contribution in [1.82, 2.24) is 4.90 Å². The predicted octanol–water partition coefficient (Wildman–Crippen LogP) is 4.24. The molecule has 0 aromatic heterocycles. The first-order valence-corrected chi connectivity index (χ1v) is 10.0. The van der Waals surface area contributed by atoms with Gasteiger partial charge in [0.25, 0.3) is 11.7 Å². The van der Waals surface area contributed by atoms with E-state index in [-0.39, 0.29) is 17.1 Å². The van der Waals surface area contributed by atoms with Crippen molar-refractivity contribution in [3.05, 3.63) is 64.2 Å². The van der Waals surface area contributed by atoms with Gasteiger partial charge in [-0.2, -0.15) is 0 Å². The Bertz CT molecular complexity index is 1010. The molecule has 3 rings (SSSR count). The van der Waals surface area contributed by atoms with Crippen molar-refractivity contribution in [1.29, 1.82) is 0 Å². The number of methoxy groups -OCH3 is 1. The van der Waals surface area contributed by atoms with E-state index < -0.39 is 17.7 Å². The first kappa shape index (κ1) is 21.4.